The van der Waals surface area contributed by atoms with Crippen LogP contribution in [0.5, 0.6) is 11.5 Å². The van der Waals surface area contributed by atoms with Crippen LogP contribution in [0, 0.1) is 0 Å². The SMILES string of the molecule is COc1ccc(Cc2c(CN)nnn2CCCO)cc1OC. The number of aryl methyl sites for hydroxylation is 1. The van der Waals surface area contributed by atoms with E-state index in [9.17, 15) is 0 Å². The second-order valence-corrected chi connectivity index (χ2v) is 4.85. The minimum Gasteiger partial charge on any atom is -0.493 e. The average Bonchev–Trinajstić information content (AvgIpc) is 2.94. The molecular formula is C15H22N4O3. The van der Waals surface area contributed by atoms with Crippen LogP contribution in [0.3, 0.4) is 0 Å². The fourth-order valence-electron chi connectivity index (χ4n) is 2.30. The summed E-state index contributed by atoms with van der Waals surface area (Å²) in [7, 11) is 3.22. The Balaban J connectivity index is 2.27. The number of hydrogen-bond acceptors (Lipinski definition) is 6. The third-order valence-corrected chi connectivity index (χ3v) is 3.46. The highest BCUT2D eigenvalue weighted by molar-refractivity contribution is 5.44. The summed E-state index contributed by atoms with van der Waals surface area (Å²) in [5.74, 6) is 1.38. The third kappa shape index (κ3) is 3.55. The van der Waals surface area contributed by atoms with E-state index in [1.54, 1.807) is 18.9 Å². The molecule has 0 saturated heterocycles. The van der Waals surface area contributed by atoms with Gasteiger partial charge in [-0.25, -0.2) is 4.68 Å². The molecule has 0 atom stereocenters. The smallest absolute Gasteiger partial charge is 0.160 e. The largest absolute Gasteiger partial charge is 0.493 e. The lowest BCUT2D eigenvalue weighted by Crippen LogP contribution is -2.10. The van der Waals surface area contributed by atoms with Gasteiger partial charge in [0.2, 0.25) is 0 Å². The van der Waals surface area contributed by atoms with E-state index in [4.69, 9.17) is 20.3 Å². The maximum Gasteiger partial charge on any atom is 0.160 e. The van der Waals surface area contributed by atoms with Crippen LogP contribution in [0.25, 0.3) is 0 Å². The number of aromatic nitrogens is 3. The van der Waals surface area contributed by atoms with Gasteiger partial charge in [0.1, 0.15) is 0 Å². The van der Waals surface area contributed by atoms with Crippen molar-refractivity contribution in [2.75, 3.05) is 20.8 Å². The summed E-state index contributed by atoms with van der Waals surface area (Å²) in [6.45, 7) is 1.07. The Morgan fingerprint density at radius 2 is 2.00 bits per heavy atom. The van der Waals surface area contributed by atoms with Gasteiger partial charge < -0.3 is 20.3 Å². The molecule has 0 aliphatic heterocycles. The van der Waals surface area contributed by atoms with Crippen LogP contribution >= 0.6 is 0 Å². The van der Waals surface area contributed by atoms with Gasteiger partial charge in [-0.3, -0.25) is 0 Å². The van der Waals surface area contributed by atoms with E-state index < -0.39 is 0 Å². The zero-order valence-electron chi connectivity index (χ0n) is 13.0. The molecule has 3 N–H and O–H groups in total. The summed E-state index contributed by atoms with van der Waals surface area (Å²) in [5, 5.41) is 17.2. The fourth-order valence-corrected chi connectivity index (χ4v) is 2.30. The molecule has 0 amide bonds. The molecule has 120 valence electrons. The molecule has 7 heteroatoms. The molecule has 2 rings (SSSR count). The van der Waals surface area contributed by atoms with Crippen molar-refractivity contribution >= 4 is 0 Å². The van der Waals surface area contributed by atoms with E-state index in [0.29, 0.717) is 37.4 Å². The molecule has 0 saturated carbocycles. The van der Waals surface area contributed by atoms with Crippen molar-refractivity contribution in [3.63, 3.8) is 0 Å². The fraction of sp³-hybridized carbons (Fsp3) is 0.467. The van der Waals surface area contributed by atoms with Crippen LogP contribution in [0.15, 0.2) is 18.2 Å². The molecule has 0 fully saturated rings. The van der Waals surface area contributed by atoms with Gasteiger partial charge in [0.15, 0.2) is 11.5 Å². The Morgan fingerprint density at radius 1 is 1.23 bits per heavy atom. The summed E-state index contributed by atoms with van der Waals surface area (Å²) in [4.78, 5) is 0. The first kappa shape index (κ1) is 16.3. The number of ether oxygens (including phenoxy) is 2. The molecule has 0 aliphatic carbocycles. The Bertz CT molecular complexity index is 613. The van der Waals surface area contributed by atoms with E-state index >= 15 is 0 Å². The normalized spacial score (nSPS) is 10.7. The Hall–Kier alpha value is -2.12. The molecule has 0 unspecified atom stereocenters. The van der Waals surface area contributed by atoms with Crippen LogP contribution in [0.1, 0.15) is 23.4 Å². The second-order valence-electron chi connectivity index (χ2n) is 4.85. The number of methoxy groups -OCH3 is 2. The van der Waals surface area contributed by atoms with E-state index in [-0.39, 0.29) is 6.61 Å². The molecule has 0 bridgehead atoms. The number of aliphatic hydroxyl groups excluding tert-OH is 1. The minimum atomic E-state index is 0.119. The van der Waals surface area contributed by atoms with E-state index in [0.717, 1.165) is 17.0 Å². The highest BCUT2D eigenvalue weighted by Crippen LogP contribution is 2.28. The summed E-state index contributed by atoms with van der Waals surface area (Å²) in [5.41, 5.74) is 8.53. The van der Waals surface area contributed by atoms with Gasteiger partial charge >= 0.3 is 0 Å². The molecular weight excluding hydrogens is 284 g/mol. The van der Waals surface area contributed by atoms with Crippen LogP contribution in [0.4, 0.5) is 0 Å². The van der Waals surface area contributed by atoms with Crippen molar-refractivity contribution in [1.82, 2.24) is 15.0 Å². The van der Waals surface area contributed by atoms with Crippen LogP contribution < -0.4 is 15.2 Å². The minimum absolute atomic E-state index is 0.119. The average molecular weight is 306 g/mol. The Labute approximate surface area is 129 Å². The lowest BCUT2D eigenvalue weighted by molar-refractivity contribution is 0.275. The standard InChI is InChI=1S/C15H22N4O3/c1-21-14-5-4-11(9-15(14)22-2)8-13-12(10-16)17-18-19(13)6-3-7-20/h4-5,9,20H,3,6-8,10,16H2,1-2H3. The summed E-state index contributed by atoms with van der Waals surface area (Å²) in [6.07, 6.45) is 1.28. The number of nitrogens with two attached hydrogens (primary N) is 1. The van der Waals surface area contributed by atoms with E-state index in [1.165, 1.54) is 0 Å². The van der Waals surface area contributed by atoms with Crippen LogP contribution in [-0.2, 0) is 19.5 Å². The van der Waals surface area contributed by atoms with Crippen molar-refractivity contribution in [3.8, 4) is 11.5 Å². The molecule has 0 aliphatic rings. The highest BCUT2D eigenvalue weighted by Gasteiger charge is 2.13. The number of benzene rings is 1. The first-order valence-electron chi connectivity index (χ1n) is 7.16. The summed E-state index contributed by atoms with van der Waals surface area (Å²) in [6, 6.07) is 5.78. The van der Waals surface area contributed by atoms with Gasteiger partial charge in [-0.2, -0.15) is 0 Å². The maximum atomic E-state index is 8.98. The zero-order valence-corrected chi connectivity index (χ0v) is 13.0. The van der Waals surface area contributed by atoms with Gasteiger partial charge in [-0.05, 0) is 24.1 Å². The summed E-state index contributed by atoms with van der Waals surface area (Å²) >= 11 is 0. The van der Waals surface area contributed by atoms with Crippen molar-refractivity contribution in [3.05, 3.63) is 35.2 Å². The van der Waals surface area contributed by atoms with Crippen molar-refractivity contribution < 1.29 is 14.6 Å². The van der Waals surface area contributed by atoms with Gasteiger partial charge in [0, 0.05) is 26.1 Å². The predicted molar refractivity (Wildman–Crippen MR) is 82.0 cm³/mol. The van der Waals surface area contributed by atoms with Gasteiger partial charge in [0.05, 0.1) is 25.6 Å². The molecule has 0 spiro atoms. The van der Waals surface area contributed by atoms with Gasteiger partial charge in [-0.15, -0.1) is 5.10 Å². The molecule has 1 aromatic carbocycles. The highest BCUT2D eigenvalue weighted by atomic mass is 16.5. The first-order valence-corrected chi connectivity index (χ1v) is 7.16. The maximum absolute atomic E-state index is 8.98. The van der Waals surface area contributed by atoms with E-state index in [1.807, 2.05) is 18.2 Å². The van der Waals surface area contributed by atoms with Crippen molar-refractivity contribution in [1.29, 1.82) is 0 Å². The summed E-state index contributed by atoms with van der Waals surface area (Å²) < 4.78 is 12.4. The molecule has 1 heterocycles. The Morgan fingerprint density at radius 3 is 2.64 bits per heavy atom. The lowest BCUT2D eigenvalue weighted by atomic mass is 10.1. The van der Waals surface area contributed by atoms with Gasteiger partial charge in [0.25, 0.3) is 0 Å². The molecule has 1 aromatic heterocycles. The quantitative estimate of drug-likeness (QED) is 0.746. The van der Waals surface area contributed by atoms with E-state index in [2.05, 4.69) is 10.3 Å². The van der Waals surface area contributed by atoms with Gasteiger partial charge in [-0.1, -0.05) is 11.3 Å². The third-order valence-electron chi connectivity index (χ3n) is 3.46. The topological polar surface area (TPSA) is 95.4 Å². The number of hydrogen-bond donors (Lipinski definition) is 2. The zero-order chi connectivity index (χ0) is 15.9. The van der Waals surface area contributed by atoms with Crippen molar-refractivity contribution in [2.45, 2.75) is 25.9 Å². The molecule has 7 nitrogen and oxygen atoms in total. The molecule has 0 radical (unpaired) electrons. The number of aliphatic hydroxyl groups is 1. The first-order chi connectivity index (χ1) is 10.7. The van der Waals surface area contributed by atoms with Crippen LogP contribution in [-0.4, -0.2) is 40.9 Å². The molecule has 2 aromatic rings. The second kappa shape index (κ2) is 7.77. The number of nitrogens with zero attached hydrogens (tertiary/aromatic N) is 3. The number of rotatable bonds is 8. The Kier molecular flexibility index (Phi) is 5.74. The molecule has 22 heavy (non-hydrogen) atoms. The van der Waals surface area contributed by atoms with Crippen molar-refractivity contribution in [2.24, 2.45) is 5.73 Å². The predicted octanol–water partition coefficient (Wildman–Crippen LogP) is 0.727. The lowest BCUT2D eigenvalue weighted by Gasteiger charge is -2.11. The monoisotopic (exact) mass is 306 g/mol. The van der Waals surface area contributed by atoms with Crippen LogP contribution in [0.2, 0.25) is 0 Å².